The molecule has 0 aliphatic heterocycles. The third-order valence-electron chi connectivity index (χ3n) is 3.23. The molecule has 0 saturated carbocycles. The fourth-order valence-corrected chi connectivity index (χ4v) is 2.07. The van der Waals surface area contributed by atoms with Gasteiger partial charge in [-0.1, -0.05) is 35.5 Å². The molecule has 0 spiro atoms. The highest BCUT2D eigenvalue weighted by molar-refractivity contribution is 5.86. The van der Waals surface area contributed by atoms with Gasteiger partial charge >= 0.3 is 18.2 Å². The molecule has 6 nitrogen and oxygen atoms in total. The molecule has 2 aromatic carbocycles. The van der Waals surface area contributed by atoms with Crippen molar-refractivity contribution in [1.29, 1.82) is 0 Å². The van der Waals surface area contributed by atoms with Crippen LogP contribution >= 0.6 is 0 Å². The fourth-order valence-electron chi connectivity index (χ4n) is 2.07. The zero-order valence-corrected chi connectivity index (χ0v) is 13.2. The lowest BCUT2D eigenvalue weighted by Crippen LogP contribution is -2.16. The van der Waals surface area contributed by atoms with Crippen LogP contribution in [0.2, 0.25) is 0 Å². The Labute approximate surface area is 145 Å². The van der Waals surface area contributed by atoms with E-state index in [9.17, 15) is 18.0 Å². The lowest BCUT2D eigenvalue weighted by atomic mass is 10.1. The number of hydrogen-bond donors (Lipinski definition) is 1. The number of nitrogens with zero attached hydrogens (tertiary/aromatic N) is 2. The van der Waals surface area contributed by atoms with Crippen molar-refractivity contribution in [3.05, 3.63) is 71.9 Å². The van der Waals surface area contributed by atoms with Gasteiger partial charge in [0.1, 0.15) is 5.75 Å². The summed E-state index contributed by atoms with van der Waals surface area (Å²) in [7, 11) is 0. The molecule has 0 radical (unpaired) electrons. The molecule has 1 amide bonds. The van der Waals surface area contributed by atoms with Gasteiger partial charge in [0.2, 0.25) is 0 Å². The second kappa shape index (κ2) is 7.26. The summed E-state index contributed by atoms with van der Waals surface area (Å²) in [6.07, 6.45) is -5.26. The molecular formula is C17H12F3N3O3. The summed E-state index contributed by atoms with van der Waals surface area (Å²) >= 11 is 0. The van der Waals surface area contributed by atoms with E-state index in [4.69, 9.17) is 4.74 Å². The van der Waals surface area contributed by atoms with E-state index in [2.05, 4.69) is 20.0 Å². The van der Waals surface area contributed by atoms with E-state index in [-0.39, 0.29) is 12.2 Å². The van der Waals surface area contributed by atoms with Crippen molar-refractivity contribution in [1.82, 2.24) is 10.1 Å². The third kappa shape index (κ3) is 4.59. The van der Waals surface area contributed by atoms with E-state index in [1.807, 2.05) is 0 Å². The Morgan fingerprint density at radius 3 is 2.38 bits per heavy atom. The van der Waals surface area contributed by atoms with Gasteiger partial charge in [-0.15, -0.1) is 0 Å². The number of nitrogens with one attached hydrogen (secondary N) is 1. The molecule has 3 rings (SSSR count). The summed E-state index contributed by atoms with van der Waals surface area (Å²) in [5.41, 5.74) is 1.13. The summed E-state index contributed by atoms with van der Waals surface area (Å²) in [5.74, 6) is -1.06. The Balaban J connectivity index is 1.58. The maximum Gasteiger partial charge on any atom is 0.471 e. The number of hydrogen-bond acceptors (Lipinski definition) is 5. The minimum atomic E-state index is -4.67. The highest BCUT2D eigenvalue weighted by atomic mass is 19.4. The summed E-state index contributed by atoms with van der Waals surface area (Å²) in [4.78, 5) is 15.1. The SMILES string of the molecule is O=C(Nc1ccc(Cc2noc(C(F)(F)F)n2)cc1)Oc1ccccc1. The zero-order valence-electron chi connectivity index (χ0n) is 13.2. The predicted octanol–water partition coefficient (Wildman–Crippen LogP) is 4.29. The number of anilines is 1. The topological polar surface area (TPSA) is 77.3 Å². The van der Waals surface area contributed by atoms with Gasteiger partial charge in [0.05, 0.1) is 0 Å². The number of amides is 1. The Kier molecular flexibility index (Phi) is 4.87. The number of aromatic nitrogens is 2. The van der Waals surface area contributed by atoms with Crippen molar-refractivity contribution < 1.29 is 27.2 Å². The number of rotatable bonds is 4. The second-order valence-electron chi connectivity index (χ2n) is 5.21. The molecule has 0 aliphatic rings. The largest absolute Gasteiger partial charge is 0.471 e. The maximum absolute atomic E-state index is 12.4. The number of ether oxygens (including phenoxy) is 1. The maximum atomic E-state index is 12.4. The average Bonchev–Trinajstić information content (AvgIpc) is 3.06. The van der Waals surface area contributed by atoms with Crippen molar-refractivity contribution in [3.63, 3.8) is 0 Å². The van der Waals surface area contributed by atoms with Crippen LogP contribution in [0.15, 0.2) is 59.1 Å². The van der Waals surface area contributed by atoms with Crippen LogP contribution in [0.5, 0.6) is 5.75 Å². The summed E-state index contributed by atoms with van der Waals surface area (Å²) in [5, 5.41) is 5.85. The first kappa shape index (κ1) is 17.5. The van der Waals surface area contributed by atoms with Gasteiger partial charge in [0.15, 0.2) is 5.82 Å². The van der Waals surface area contributed by atoms with Gasteiger partial charge in [-0.3, -0.25) is 5.32 Å². The predicted molar refractivity (Wildman–Crippen MR) is 84.6 cm³/mol. The van der Waals surface area contributed by atoms with E-state index in [0.717, 1.165) is 0 Å². The lowest BCUT2D eigenvalue weighted by molar-refractivity contribution is -0.159. The van der Waals surface area contributed by atoms with Crippen LogP contribution in [0.4, 0.5) is 23.7 Å². The van der Waals surface area contributed by atoms with Crippen LogP contribution in [0.1, 0.15) is 17.3 Å². The molecule has 26 heavy (non-hydrogen) atoms. The first-order valence-electron chi connectivity index (χ1n) is 7.43. The molecule has 0 fully saturated rings. The van der Waals surface area contributed by atoms with Crippen LogP contribution in [0.3, 0.4) is 0 Å². The highest BCUT2D eigenvalue weighted by Crippen LogP contribution is 2.27. The van der Waals surface area contributed by atoms with E-state index in [1.54, 1.807) is 54.6 Å². The Morgan fingerprint density at radius 2 is 1.77 bits per heavy atom. The van der Waals surface area contributed by atoms with Gasteiger partial charge in [-0.05, 0) is 29.8 Å². The number of benzene rings is 2. The minimum Gasteiger partial charge on any atom is -0.410 e. The number of alkyl halides is 3. The van der Waals surface area contributed by atoms with Gasteiger partial charge in [-0.25, -0.2) is 4.79 Å². The van der Waals surface area contributed by atoms with Gasteiger partial charge < -0.3 is 9.26 Å². The van der Waals surface area contributed by atoms with Crippen LogP contribution < -0.4 is 10.1 Å². The molecule has 134 valence electrons. The van der Waals surface area contributed by atoms with E-state index in [1.165, 1.54) is 0 Å². The summed E-state index contributed by atoms with van der Waals surface area (Å²) in [6.45, 7) is 0. The molecule has 0 saturated heterocycles. The lowest BCUT2D eigenvalue weighted by Gasteiger charge is -2.07. The van der Waals surface area contributed by atoms with Crippen LogP contribution in [0, 0.1) is 0 Å². The third-order valence-corrected chi connectivity index (χ3v) is 3.23. The van der Waals surface area contributed by atoms with Crippen LogP contribution in [0.25, 0.3) is 0 Å². The molecule has 1 aromatic heterocycles. The zero-order chi connectivity index (χ0) is 18.6. The van der Waals surface area contributed by atoms with Crippen molar-refractivity contribution >= 4 is 11.8 Å². The first-order chi connectivity index (χ1) is 12.4. The van der Waals surface area contributed by atoms with Crippen molar-refractivity contribution in [2.75, 3.05) is 5.32 Å². The Hall–Kier alpha value is -3.36. The molecule has 0 atom stereocenters. The number of halogens is 3. The van der Waals surface area contributed by atoms with Crippen LogP contribution in [-0.2, 0) is 12.6 Å². The Bertz CT molecular complexity index is 878. The monoisotopic (exact) mass is 363 g/mol. The van der Waals surface area contributed by atoms with Crippen LogP contribution in [-0.4, -0.2) is 16.2 Å². The second-order valence-corrected chi connectivity index (χ2v) is 5.21. The van der Waals surface area contributed by atoms with Crippen molar-refractivity contribution in [2.24, 2.45) is 0 Å². The standard InChI is InChI=1S/C17H12F3N3O3/c18-17(19,20)15-22-14(23-26-15)10-11-6-8-12(9-7-11)21-16(24)25-13-4-2-1-3-5-13/h1-9H,10H2,(H,21,24). The van der Waals surface area contributed by atoms with Crippen molar-refractivity contribution in [3.8, 4) is 5.75 Å². The normalized spacial score (nSPS) is 11.2. The van der Waals surface area contributed by atoms with Crippen molar-refractivity contribution in [2.45, 2.75) is 12.6 Å². The van der Waals surface area contributed by atoms with Gasteiger partial charge in [0, 0.05) is 12.1 Å². The molecule has 3 aromatic rings. The minimum absolute atomic E-state index is 0.0638. The first-order valence-corrected chi connectivity index (χ1v) is 7.43. The smallest absolute Gasteiger partial charge is 0.410 e. The molecule has 1 heterocycles. The molecule has 0 unspecified atom stereocenters. The molecular weight excluding hydrogens is 351 g/mol. The van der Waals surface area contributed by atoms with Gasteiger partial charge in [-0.2, -0.15) is 18.2 Å². The quantitative estimate of drug-likeness (QED) is 0.748. The summed E-state index contributed by atoms with van der Waals surface area (Å²) in [6, 6.07) is 15.0. The van der Waals surface area contributed by atoms with E-state index in [0.29, 0.717) is 17.0 Å². The van der Waals surface area contributed by atoms with Gasteiger partial charge in [0.25, 0.3) is 0 Å². The molecule has 0 aliphatic carbocycles. The fraction of sp³-hybridized carbons (Fsp3) is 0.118. The van der Waals surface area contributed by atoms with E-state index < -0.39 is 18.2 Å². The number of carbonyl (C=O) groups is 1. The number of para-hydroxylation sites is 1. The molecule has 0 bridgehead atoms. The molecule has 9 heteroatoms. The highest BCUT2D eigenvalue weighted by Gasteiger charge is 2.38. The van der Waals surface area contributed by atoms with E-state index >= 15 is 0 Å². The Morgan fingerprint density at radius 1 is 1.08 bits per heavy atom. The molecule has 1 N–H and O–H groups in total. The average molecular weight is 363 g/mol. The number of carbonyl (C=O) groups excluding carboxylic acids is 1. The summed E-state index contributed by atoms with van der Waals surface area (Å²) < 4.78 is 46.5.